The number of nitrogens with zero attached hydrogens (tertiary/aromatic N) is 1. The van der Waals surface area contributed by atoms with Crippen molar-refractivity contribution in [3.63, 3.8) is 0 Å². The molecule has 1 aliphatic heterocycles. The summed E-state index contributed by atoms with van der Waals surface area (Å²) in [7, 11) is 0. The van der Waals surface area contributed by atoms with E-state index in [0.717, 1.165) is 53.5 Å². The number of anilines is 2. The van der Waals surface area contributed by atoms with Crippen molar-refractivity contribution in [1.82, 2.24) is 5.32 Å². The summed E-state index contributed by atoms with van der Waals surface area (Å²) >= 11 is 0. The van der Waals surface area contributed by atoms with Gasteiger partial charge < -0.3 is 21.7 Å². The first kappa shape index (κ1) is 19.5. The lowest BCUT2D eigenvalue weighted by Crippen LogP contribution is -2.19. The Morgan fingerprint density at radius 2 is 1.50 bits per heavy atom. The van der Waals surface area contributed by atoms with Gasteiger partial charge in [0.1, 0.15) is 11.7 Å². The van der Waals surface area contributed by atoms with Gasteiger partial charge in [-0.15, -0.1) is 0 Å². The topological polar surface area (TPSA) is 98.3 Å². The van der Waals surface area contributed by atoms with Crippen molar-refractivity contribution in [2.75, 3.05) is 23.7 Å². The van der Waals surface area contributed by atoms with Gasteiger partial charge in [-0.05, 0) is 29.3 Å². The molecule has 0 bridgehead atoms. The average molecular weight is 399 g/mol. The van der Waals surface area contributed by atoms with Crippen LogP contribution in [0.25, 0.3) is 0 Å². The van der Waals surface area contributed by atoms with Crippen LogP contribution < -0.4 is 21.7 Å². The summed E-state index contributed by atoms with van der Waals surface area (Å²) in [5.74, 6) is 1.08. The van der Waals surface area contributed by atoms with Crippen LogP contribution in [0, 0.1) is 5.41 Å². The number of nitrogens with one attached hydrogen (secondary N) is 4. The van der Waals surface area contributed by atoms with Crippen molar-refractivity contribution < 1.29 is 0 Å². The third kappa shape index (κ3) is 4.97. The van der Waals surface area contributed by atoms with Gasteiger partial charge in [-0.25, -0.2) is 0 Å². The second-order valence-corrected chi connectivity index (χ2v) is 7.25. The first-order valence-electron chi connectivity index (χ1n) is 10.1. The Morgan fingerprint density at radius 3 is 2.03 bits per heavy atom. The number of nitrogens with two attached hydrogens (primary N) is 1. The number of hydrogen-bond donors (Lipinski definition) is 5. The maximum Gasteiger partial charge on any atom is 0.128 e. The van der Waals surface area contributed by atoms with Crippen LogP contribution in [-0.2, 0) is 13.1 Å². The largest absolute Gasteiger partial charge is 0.384 e. The fourth-order valence-electron chi connectivity index (χ4n) is 3.32. The molecule has 0 saturated carbocycles. The van der Waals surface area contributed by atoms with Crippen molar-refractivity contribution in [2.24, 2.45) is 10.7 Å². The summed E-state index contributed by atoms with van der Waals surface area (Å²) < 4.78 is 0. The van der Waals surface area contributed by atoms with Gasteiger partial charge in [-0.1, -0.05) is 54.6 Å². The number of amidine groups is 2. The normalized spacial score (nSPS) is 12.7. The van der Waals surface area contributed by atoms with Crippen molar-refractivity contribution >= 4 is 23.0 Å². The van der Waals surface area contributed by atoms with E-state index in [2.05, 4.69) is 63.4 Å². The van der Waals surface area contributed by atoms with Crippen LogP contribution >= 0.6 is 0 Å². The van der Waals surface area contributed by atoms with Crippen LogP contribution in [-0.4, -0.2) is 24.8 Å². The molecule has 0 unspecified atom stereocenters. The molecular weight excluding hydrogens is 372 g/mol. The summed E-state index contributed by atoms with van der Waals surface area (Å²) in [6.45, 7) is 3.25. The van der Waals surface area contributed by atoms with E-state index in [4.69, 9.17) is 11.1 Å². The van der Waals surface area contributed by atoms with Gasteiger partial charge in [0, 0.05) is 42.1 Å². The van der Waals surface area contributed by atoms with Crippen LogP contribution in [0.4, 0.5) is 11.4 Å². The highest BCUT2D eigenvalue weighted by Gasteiger charge is 2.07. The van der Waals surface area contributed by atoms with E-state index in [0.29, 0.717) is 6.54 Å². The zero-order valence-electron chi connectivity index (χ0n) is 16.8. The number of aliphatic imine (C=N–C) groups is 1. The molecule has 30 heavy (non-hydrogen) atoms. The minimum Gasteiger partial charge on any atom is -0.384 e. The first-order valence-corrected chi connectivity index (χ1v) is 10.1. The third-order valence-corrected chi connectivity index (χ3v) is 5.02. The zero-order chi connectivity index (χ0) is 20.8. The van der Waals surface area contributed by atoms with Crippen molar-refractivity contribution in [2.45, 2.75) is 13.1 Å². The second-order valence-electron chi connectivity index (χ2n) is 7.25. The molecule has 0 saturated heterocycles. The molecule has 3 aromatic rings. The smallest absolute Gasteiger partial charge is 0.128 e. The third-order valence-electron chi connectivity index (χ3n) is 5.02. The van der Waals surface area contributed by atoms with Crippen LogP contribution in [0.1, 0.15) is 22.3 Å². The number of benzene rings is 3. The number of nitrogen functional groups attached to an aromatic ring is 1. The molecule has 0 atom stereocenters. The van der Waals surface area contributed by atoms with Crippen LogP contribution in [0.15, 0.2) is 77.8 Å². The van der Waals surface area contributed by atoms with Gasteiger partial charge in [0.25, 0.3) is 0 Å². The van der Waals surface area contributed by atoms with E-state index in [1.807, 2.05) is 30.3 Å². The van der Waals surface area contributed by atoms with Gasteiger partial charge in [0.15, 0.2) is 0 Å². The zero-order valence-corrected chi connectivity index (χ0v) is 16.8. The Kier molecular flexibility index (Phi) is 5.94. The maximum atomic E-state index is 7.46. The number of hydrogen-bond acceptors (Lipinski definition) is 5. The lowest BCUT2D eigenvalue weighted by molar-refractivity contribution is 0.960. The highest BCUT2D eigenvalue weighted by molar-refractivity contribution is 5.99. The molecule has 0 fully saturated rings. The minimum absolute atomic E-state index is 0.0897. The summed E-state index contributed by atoms with van der Waals surface area (Å²) in [6.07, 6.45) is 0. The molecule has 1 aliphatic rings. The highest BCUT2D eigenvalue weighted by Crippen LogP contribution is 2.17. The fourth-order valence-corrected chi connectivity index (χ4v) is 3.32. The van der Waals surface area contributed by atoms with E-state index in [1.54, 1.807) is 0 Å². The van der Waals surface area contributed by atoms with Gasteiger partial charge >= 0.3 is 0 Å². The summed E-state index contributed by atoms with van der Waals surface area (Å²) in [4.78, 5) is 4.46. The summed E-state index contributed by atoms with van der Waals surface area (Å²) in [5.41, 5.74) is 11.9. The van der Waals surface area contributed by atoms with E-state index in [9.17, 15) is 0 Å². The Hall–Kier alpha value is -3.80. The Morgan fingerprint density at radius 1 is 0.900 bits per heavy atom. The molecule has 4 rings (SSSR count). The summed E-state index contributed by atoms with van der Waals surface area (Å²) in [6, 6.07) is 24.5. The maximum absolute atomic E-state index is 7.46. The quantitative estimate of drug-likeness (QED) is 0.296. The minimum atomic E-state index is 0.0897. The van der Waals surface area contributed by atoms with Crippen molar-refractivity contribution in [1.29, 1.82) is 5.41 Å². The molecule has 0 aliphatic carbocycles. The molecule has 6 N–H and O–H groups in total. The monoisotopic (exact) mass is 398 g/mol. The van der Waals surface area contributed by atoms with Gasteiger partial charge in [0.2, 0.25) is 0 Å². The van der Waals surface area contributed by atoms with E-state index in [-0.39, 0.29) is 5.84 Å². The van der Waals surface area contributed by atoms with Gasteiger partial charge in [-0.2, -0.15) is 0 Å². The van der Waals surface area contributed by atoms with Gasteiger partial charge in [-0.3, -0.25) is 10.4 Å². The molecule has 0 amide bonds. The average Bonchev–Trinajstić information content (AvgIpc) is 3.32. The van der Waals surface area contributed by atoms with E-state index in [1.165, 1.54) is 5.56 Å². The predicted octanol–water partition coefficient (Wildman–Crippen LogP) is 3.54. The van der Waals surface area contributed by atoms with E-state index < -0.39 is 0 Å². The lowest BCUT2D eigenvalue weighted by Gasteiger charge is -2.11. The fraction of sp³-hybridized carbons (Fsp3) is 0.167. The van der Waals surface area contributed by atoms with Crippen LogP contribution in [0.5, 0.6) is 0 Å². The lowest BCUT2D eigenvalue weighted by atomic mass is 10.1. The molecule has 0 aromatic heterocycles. The van der Waals surface area contributed by atoms with Gasteiger partial charge in [0.05, 0.1) is 6.54 Å². The molecule has 0 spiro atoms. The van der Waals surface area contributed by atoms with Crippen molar-refractivity contribution in [3.8, 4) is 0 Å². The van der Waals surface area contributed by atoms with Crippen molar-refractivity contribution in [3.05, 3.63) is 95.1 Å². The summed E-state index contributed by atoms with van der Waals surface area (Å²) in [5, 5.41) is 17.7. The Labute approximate surface area is 176 Å². The Bertz CT molecular complexity index is 1040. The SMILES string of the molecule is N=C(N)c1ccc(CNc2cccc(NCc3ccc(C4=NCCN4)cc3)c2)cc1. The molecule has 6 heteroatoms. The molecule has 152 valence electrons. The highest BCUT2D eigenvalue weighted by atomic mass is 15.1. The number of rotatable bonds is 8. The molecule has 6 nitrogen and oxygen atoms in total. The van der Waals surface area contributed by atoms with Crippen LogP contribution in [0.3, 0.4) is 0 Å². The molecule has 1 heterocycles. The van der Waals surface area contributed by atoms with Crippen LogP contribution in [0.2, 0.25) is 0 Å². The second kappa shape index (κ2) is 9.13. The predicted molar refractivity (Wildman–Crippen MR) is 124 cm³/mol. The Balaban J connectivity index is 1.31. The molecule has 0 radical (unpaired) electrons. The molecular formula is C24H26N6. The first-order chi connectivity index (χ1) is 14.7. The standard InChI is InChI=1S/C24H26N6/c25-23(26)19-8-4-17(5-9-19)15-29-21-2-1-3-22(14-21)30-16-18-6-10-20(11-7-18)24-27-12-13-28-24/h1-11,14,29-30H,12-13,15-16H2,(H3,25,26)(H,27,28). The molecule has 3 aromatic carbocycles. The van der Waals surface area contributed by atoms with E-state index >= 15 is 0 Å².